The van der Waals surface area contributed by atoms with E-state index in [1.54, 1.807) is 29.2 Å². The zero-order chi connectivity index (χ0) is 21.0. The molecule has 8 nitrogen and oxygen atoms in total. The molecule has 1 unspecified atom stereocenters. The molecule has 1 saturated heterocycles. The maximum absolute atomic E-state index is 13.1. The van der Waals surface area contributed by atoms with E-state index in [0.29, 0.717) is 18.7 Å². The Morgan fingerprint density at radius 3 is 2.40 bits per heavy atom. The lowest BCUT2D eigenvalue weighted by atomic mass is 10.1. The number of nitrogens with zero attached hydrogens (tertiary/aromatic N) is 2. The van der Waals surface area contributed by atoms with Crippen molar-refractivity contribution in [3.05, 3.63) is 68.7 Å². The highest BCUT2D eigenvalue weighted by Gasteiger charge is 2.34. The molecule has 1 aliphatic rings. The van der Waals surface area contributed by atoms with Crippen LogP contribution in [0.3, 0.4) is 0 Å². The fourth-order valence-electron chi connectivity index (χ4n) is 3.22. The van der Waals surface area contributed by atoms with Gasteiger partial charge in [-0.25, -0.2) is 8.42 Å². The van der Waals surface area contributed by atoms with Gasteiger partial charge in [0, 0.05) is 54.8 Å². The summed E-state index contributed by atoms with van der Waals surface area (Å²) >= 11 is 3.30. The standard InChI is InChI=1S/C19H20BrN3O5S.ClH/c20-15-3-7-17(8-4-15)29(27,28)19-13-21-10-12-22(19)11-9-18(24)14-1-5-16(6-2-14)23(25)26;/h1-8,19,21H,9-13H2;1H. The quantitative estimate of drug-likeness (QED) is 0.341. The average Bonchev–Trinajstić information content (AvgIpc) is 2.72. The number of halogens is 2. The summed E-state index contributed by atoms with van der Waals surface area (Å²) in [6.07, 6.45) is 0.129. The number of nitro groups is 1. The fraction of sp³-hybridized carbons (Fsp3) is 0.316. The average molecular weight is 519 g/mol. The number of non-ortho nitro benzene ring substituents is 1. The third-order valence-electron chi connectivity index (χ3n) is 4.83. The lowest BCUT2D eigenvalue weighted by Gasteiger charge is -2.35. The number of Topliss-reactive ketones (excluding diaryl/α,β-unsaturated/α-hetero) is 1. The van der Waals surface area contributed by atoms with Crippen LogP contribution in [-0.4, -0.2) is 55.6 Å². The van der Waals surface area contributed by atoms with Gasteiger partial charge in [-0.3, -0.25) is 19.8 Å². The Balaban J connectivity index is 0.00000320. The maximum Gasteiger partial charge on any atom is 0.269 e. The van der Waals surface area contributed by atoms with Crippen molar-refractivity contribution in [3.63, 3.8) is 0 Å². The summed E-state index contributed by atoms with van der Waals surface area (Å²) in [5.41, 5.74) is 0.294. The van der Waals surface area contributed by atoms with Gasteiger partial charge < -0.3 is 5.32 Å². The first kappa shape index (κ1) is 24.4. The molecule has 162 valence electrons. The van der Waals surface area contributed by atoms with E-state index >= 15 is 0 Å². The minimum absolute atomic E-state index is 0. The summed E-state index contributed by atoms with van der Waals surface area (Å²) in [7, 11) is -3.60. The van der Waals surface area contributed by atoms with E-state index in [-0.39, 0.29) is 48.3 Å². The molecule has 30 heavy (non-hydrogen) atoms. The number of nitrogens with one attached hydrogen (secondary N) is 1. The Morgan fingerprint density at radius 2 is 1.80 bits per heavy atom. The van der Waals surface area contributed by atoms with Crippen LogP contribution < -0.4 is 5.32 Å². The minimum atomic E-state index is -3.60. The highest BCUT2D eigenvalue weighted by molar-refractivity contribution is 9.10. The summed E-state index contributed by atoms with van der Waals surface area (Å²) in [6, 6.07) is 11.9. The van der Waals surface area contributed by atoms with Crippen molar-refractivity contribution in [3.8, 4) is 0 Å². The van der Waals surface area contributed by atoms with Crippen LogP contribution >= 0.6 is 28.3 Å². The summed E-state index contributed by atoms with van der Waals surface area (Å²) < 4.78 is 27.0. The number of nitro benzene ring substituents is 1. The van der Waals surface area contributed by atoms with E-state index in [1.165, 1.54) is 24.3 Å². The number of ketones is 1. The number of rotatable bonds is 7. The van der Waals surface area contributed by atoms with Crippen LogP contribution in [0, 0.1) is 10.1 Å². The molecule has 2 aromatic rings. The Morgan fingerprint density at radius 1 is 1.17 bits per heavy atom. The van der Waals surface area contributed by atoms with Crippen LogP contribution in [0.2, 0.25) is 0 Å². The highest BCUT2D eigenvalue weighted by Crippen LogP contribution is 2.23. The smallest absolute Gasteiger partial charge is 0.269 e. The molecule has 0 aliphatic carbocycles. The van der Waals surface area contributed by atoms with Gasteiger partial charge >= 0.3 is 0 Å². The predicted octanol–water partition coefficient (Wildman–Crippen LogP) is 3.06. The zero-order valence-corrected chi connectivity index (χ0v) is 19.1. The van der Waals surface area contributed by atoms with Crippen molar-refractivity contribution in [2.75, 3.05) is 26.2 Å². The molecule has 1 heterocycles. The van der Waals surface area contributed by atoms with Crippen LogP contribution in [0.25, 0.3) is 0 Å². The largest absolute Gasteiger partial charge is 0.313 e. The number of piperazine rings is 1. The lowest BCUT2D eigenvalue weighted by Crippen LogP contribution is -2.55. The van der Waals surface area contributed by atoms with Gasteiger partial charge in [0.25, 0.3) is 5.69 Å². The van der Waals surface area contributed by atoms with Crippen molar-refractivity contribution in [2.24, 2.45) is 0 Å². The van der Waals surface area contributed by atoms with Crippen molar-refractivity contribution in [1.82, 2.24) is 10.2 Å². The SMILES string of the molecule is Cl.O=C(CCN1CCNCC1S(=O)(=O)c1ccc(Br)cc1)c1ccc([N+](=O)[O-])cc1. The molecule has 2 aromatic carbocycles. The van der Waals surface area contributed by atoms with E-state index in [9.17, 15) is 23.3 Å². The molecule has 0 bridgehead atoms. The van der Waals surface area contributed by atoms with Crippen LogP contribution in [0.15, 0.2) is 57.9 Å². The second kappa shape index (κ2) is 10.5. The molecule has 1 N–H and O–H groups in total. The second-order valence-electron chi connectivity index (χ2n) is 6.67. The van der Waals surface area contributed by atoms with E-state index < -0.39 is 20.1 Å². The summed E-state index contributed by atoms with van der Waals surface area (Å²) in [6.45, 7) is 1.72. The van der Waals surface area contributed by atoms with Gasteiger partial charge in [0.1, 0.15) is 5.37 Å². The summed E-state index contributed by atoms with van der Waals surface area (Å²) in [5.74, 6) is -0.182. The molecular weight excluding hydrogens is 498 g/mol. The molecule has 0 radical (unpaired) electrons. The Bertz CT molecular complexity index is 1000. The van der Waals surface area contributed by atoms with Crippen molar-refractivity contribution in [2.45, 2.75) is 16.7 Å². The number of carbonyl (C=O) groups is 1. The number of benzene rings is 2. The molecule has 0 aromatic heterocycles. The molecule has 1 atom stereocenters. The Kier molecular flexibility index (Phi) is 8.51. The number of hydrogen-bond donors (Lipinski definition) is 1. The zero-order valence-electron chi connectivity index (χ0n) is 15.9. The van der Waals surface area contributed by atoms with Gasteiger partial charge in [-0.05, 0) is 36.4 Å². The van der Waals surface area contributed by atoms with Crippen LogP contribution in [0.5, 0.6) is 0 Å². The van der Waals surface area contributed by atoms with Crippen LogP contribution in [0.4, 0.5) is 5.69 Å². The number of sulfone groups is 1. The molecule has 11 heteroatoms. The van der Waals surface area contributed by atoms with E-state index in [4.69, 9.17) is 0 Å². The molecule has 1 aliphatic heterocycles. The van der Waals surface area contributed by atoms with Crippen molar-refractivity contribution >= 4 is 49.6 Å². The van der Waals surface area contributed by atoms with E-state index in [0.717, 1.165) is 4.47 Å². The predicted molar refractivity (Wildman–Crippen MR) is 119 cm³/mol. The molecule has 0 amide bonds. The first-order chi connectivity index (χ1) is 13.8. The van der Waals surface area contributed by atoms with Gasteiger partial charge in [0.15, 0.2) is 15.6 Å². The molecular formula is C19H21BrClN3O5S. The molecule has 0 spiro atoms. The van der Waals surface area contributed by atoms with Gasteiger partial charge in [-0.1, -0.05) is 15.9 Å². The van der Waals surface area contributed by atoms with Crippen molar-refractivity contribution < 1.29 is 18.1 Å². The van der Waals surface area contributed by atoms with Gasteiger partial charge in [0.2, 0.25) is 0 Å². The first-order valence-electron chi connectivity index (χ1n) is 9.01. The monoisotopic (exact) mass is 517 g/mol. The van der Waals surface area contributed by atoms with E-state index in [1.807, 2.05) is 0 Å². The molecule has 1 fully saturated rings. The number of hydrogen-bond acceptors (Lipinski definition) is 7. The minimum Gasteiger partial charge on any atom is -0.313 e. The number of carbonyl (C=O) groups excluding carboxylic acids is 1. The van der Waals surface area contributed by atoms with Crippen LogP contribution in [-0.2, 0) is 9.84 Å². The molecule has 0 saturated carbocycles. The van der Waals surface area contributed by atoms with Gasteiger partial charge in [-0.15, -0.1) is 12.4 Å². The highest BCUT2D eigenvalue weighted by atomic mass is 79.9. The summed E-state index contributed by atoms with van der Waals surface area (Å²) in [5, 5.41) is 13.1. The summed E-state index contributed by atoms with van der Waals surface area (Å²) in [4.78, 5) is 24.7. The normalized spacial score (nSPS) is 17.2. The Labute approximate surface area is 189 Å². The maximum atomic E-state index is 13.1. The molecule has 3 rings (SSSR count). The van der Waals surface area contributed by atoms with Crippen molar-refractivity contribution in [1.29, 1.82) is 0 Å². The topological polar surface area (TPSA) is 110 Å². The Hall–Kier alpha value is -1.85. The van der Waals surface area contributed by atoms with Gasteiger partial charge in [-0.2, -0.15) is 0 Å². The first-order valence-corrected chi connectivity index (χ1v) is 11.3. The lowest BCUT2D eigenvalue weighted by molar-refractivity contribution is -0.384. The second-order valence-corrected chi connectivity index (χ2v) is 9.69. The third kappa shape index (κ3) is 5.64. The van der Waals surface area contributed by atoms with Gasteiger partial charge in [0.05, 0.1) is 9.82 Å². The fourth-order valence-corrected chi connectivity index (χ4v) is 5.26. The third-order valence-corrected chi connectivity index (χ3v) is 7.47. The van der Waals surface area contributed by atoms with Crippen LogP contribution in [0.1, 0.15) is 16.8 Å². The van der Waals surface area contributed by atoms with E-state index in [2.05, 4.69) is 21.2 Å².